The molecule has 1 unspecified atom stereocenters. The number of aromatic nitrogens is 4. The number of thiophene rings is 1. The number of aromatic amines is 1. The van der Waals surface area contributed by atoms with Gasteiger partial charge in [-0.15, -0.1) is 11.3 Å². The molecular weight excluding hydrogens is 378 g/mol. The maximum Gasteiger partial charge on any atom is 0.267 e. The molecule has 1 fully saturated rings. The third kappa shape index (κ3) is 2.85. The molecule has 2 aliphatic rings. The van der Waals surface area contributed by atoms with Crippen molar-refractivity contribution in [2.45, 2.75) is 45.1 Å². The van der Waals surface area contributed by atoms with Crippen LogP contribution in [0.5, 0.6) is 0 Å². The van der Waals surface area contributed by atoms with Gasteiger partial charge in [0, 0.05) is 37.3 Å². The number of amides is 1. The van der Waals surface area contributed by atoms with Gasteiger partial charge < -0.3 is 10.1 Å². The number of anilines is 1. The number of hydrogen-bond acceptors (Lipinski definition) is 6. The Kier molecular flexibility index (Phi) is 4.28. The van der Waals surface area contributed by atoms with Crippen molar-refractivity contribution in [1.82, 2.24) is 19.7 Å². The molecule has 0 bridgehead atoms. The Labute approximate surface area is 164 Å². The zero-order chi connectivity index (χ0) is 19.3. The Morgan fingerprint density at radius 1 is 1.43 bits per heavy atom. The molecule has 9 heteroatoms. The first-order chi connectivity index (χ1) is 13.6. The molecule has 5 rings (SSSR count). The van der Waals surface area contributed by atoms with Gasteiger partial charge in [-0.25, -0.2) is 4.98 Å². The number of nitrogens with one attached hydrogen (secondary N) is 2. The van der Waals surface area contributed by atoms with Crippen LogP contribution in [0.2, 0.25) is 0 Å². The molecule has 0 spiro atoms. The third-order valence-electron chi connectivity index (χ3n) is 5.56. The van der Waals surface area contributed by atoms with Crippen molar-refractivity contribution in [3.05, 3.63) is 38.4 Å². The molecule has 1 saturated heterocycles. The van der Waals surface area contributed by atoms with Crippen molar-refractivity contribution < 1.29 is 9.53 Å². The van der Waals surface area contributed by atoms with Crippen molar-refractivity contribution in [3.63, 3.8) is 0 Å². The lowest BCUT2D eigenvalue weighted by Gasteiger charge is -2.20. The summed E-state index contributed by atoms with van der Waals surface area (Å²) < 4.78 is 7.25. The minimum absolute atomic E-state index is 0.0374. The average molecular weight is 399 g/mol. The Balaban J connectivity index is 1.42. The van der Waals surface area contributed by atoms with E-state index in [1.165, 1.54) is 11.3 Å². The summed E-state index contributed by atoms with van der Waals surface area (Å²) in [6.07, 6.45) is 3.83. The van der Waals surface area contributed by atoms with Crippen LogP contribution < -0.4 is 10.9 Å². The molecule has 0 aliphatic carbocycles. The molecule has 1 amide bonds. The highest BCUT2D eigenvalue weighted by Gasteiger charge is 2.24. The number of rotatable bonds is 3. The molecule has 3 aromatic rings. The SMILES string of the molecule is Cc1c(C(=O)Nc2cc(C3CCCOC3)[nH]n2)sc2nc3n(c(=O)c12)CCC3. The van der Waals surface area contributed by atoms with Crippen LogP contribution in [0.3, 0.4) is 0 Å². The number of hydrogen-bond donors (Lipinski definition) is 2. The average Bonchev–Trinajstić information content (AvgIpc) is 3.42. The largest absolute Gasteiger partial charge is 0.381 e. The highest BCUT2D eigenvalue weighted by molar-refractivity contribution is 7.20. The van der Waals surface area contributed by atoms with Gasteiger partial charge in [0.1, 0.15) is 10.7 Å². The predicted octanol–water partition coefficient (Wildman–Crippen LogP) is 2.58. The van der Waals surface area contributed by atoms with Crippen LogP contribution in [-0.4, -0.2) is 38.9 Å². The third-order valence-corrected chi connectivity index (χ3v) is 6.74. The van der Waals surface area contributed by atoms with E-state index in [2.05, 4.69) is 20.5 Å². The van der Waals surface area contributed by atoms with E-state index in [4.69, 9.17) is 4.74 Å². The lowest BCUT2D eigenvalue weighted by atomic mass is 9.99. The maximum atomic E-state index is 12.8. The van der Waals surface area contributed by atoms with E-state index in [9.17, 15) is 9.59 Å². The molecule has 8 nitrogen and oxygen atoms in total. The highest BCUT2D eigenvalue weighted by Crippen LogP contribution is 2.30. The van der Waals surface area contributed by atoms with Gasteiger partial charge >= 0.3 is 0 Å². The monoisotopic (exact) mass is 399 g/mol. The second-order valence-corrected chi connectivity index (χ2v) is 8.40. The Hall–Kier alpha value is -2.52. The fraction of sp³-hybridized carbons (Fsp3) is 0.474. The van der Waals surface area contributed by atoms with Gasteiger partial charge in [-0.05, 0) is 31.7 Å². The van der Waals surface area contributed by atoms with Crippen LogP contribution in [0.25, 0.3) is 10.2 Å². The number of carbonyl (C=O) groups excluding carboxylic acids is 1. The summed E-state index contributed by atoms with van der Waals surface area (Å²) in [5.74, 6) is 1.32. The van der Waals surface area contributed by atoms with Crippen LogP contribution in [-0.2, 0) is 17.7 Å². The number of aryl methyl sites for hydroxylation is 2. The summed E-state index contributed by atoms with van der Waals surface area (Å²) in [6.45, 7) is 3.99. The second kappa shape index (κ2) is 6.82. The van der Waals surface area contributed by atoms with Gasteiger partial charge in [0.2, 0.25) is 0 Å². The quantitative estimate of drug-likeness (QED) is 0.705. The topological polar surface area (TPSA) is 102 Å². The molecule has 0 radical (unpaired) electrons. The molecule has 2 aliphatic heterocycles. The van der Waals surface area contributed by atoms with Gasteiger partial charge in [-0.1, -0.05) is 0 Å². The van der Waals surface area contributed by atoms with Crippen LogP contribution >= 0.6 is 11.3 Å². The van der Waals surface area contributed by atoms with Crippen LogP contribution in [0, 0.1) is 6.92 Å². The standard InChI is InChI=1S/C19H21N5O3S/c1-10-15-18(21-14-5-2-6-24(14)19(15)26)28-16(10)17(25)20-13-8-12(22-23-13)11-4-3-7-27-9-11/h8,11H,2-7,9H2,1H3,(H2,20,22,23,25). The van der Waals surface area contributed by atoms with Crippen molar-refractivity contribution in [3.8, 4) is 0 Å². The molecule has 3 aromatic heterocycles. The van der Waals surface area contributed by atoms with E-state index in [-0.39, 0.29) is 17.4 Å². The van der Waals surface area contributed by atoms with Crippen LogP contribution in [0.1, 0.15) is 51.9 Å². The van der Waals surface area contributed by atoms with E-state index in [1.807, 2.05) is 13.0 Å². The molecule has 2 N–H and O–H groups in total. The Morgan fingerprint density at radius 2 is 2.32 bits per heavy atom. The predicted molar refractivity (Wildman–Crippen MR) is 106 cm³/mol. The first-order valence-corrected chi connectivity index (χ1v) is 10.4. The fourth-order valence-corrected chi connectivity index (χ4v) is 5.15. The fourth-order valence-electron chi connectivity index (χ4n) is 4.06. The Morgan fingerprint density at radius 3 is 3.14 bits per heavy atom. The summed E-state index contributed by atoms with van der Waals surface area (Å²) in [7, 11) is 0. The molecule has 5 heterocycles. The molecular formula is C19H21N5O3S. The van der Waals surface area contributed by atoms with E-state index in [0.717, 1.165) is 43.8 Å². The van der Waals surface area contributed by atoms with Crippen molar-refractivity contribution in [2.24, 2.45) is 0 Å². The maximum absolute atomic E-state index is 12.8. The lowest BCUT2D eigenvalue weighted by Crippen LogP contribution is -2.20. The normalized spacial score (nSPS) is 19.1. The minimum atomic E-state index is -0.261. The first kappa shape index (κ1) is 17.6. The van der Waals surface area contributed by atoms with Crippen LogP contribution in [0.15, 0.2) is 10.9 Å². The Bertz CT molecular complexity index is 1120. The van der Waals surface area contributed by atoms with Crippen molar-refractivity contribution in [2.75, 3.05) is 18.5 Å². The van der Waals surface area contributed by atoms with Gasteiger partial charge in [-0.2, -0.15) is 5.10 Å². The second-order valence-electron chi connectivity index (χ2n) is 7.40. The summed E-state index contributed by atoms with van der Waals surface area (Å²) in [5.41, 5.74) is 1.62. The van der Waals surface area contributed by atoms with Gasteiger partial charge in [-0.3, -0.25) is 19.3 Å². The van der Waals surface area contributed by atoms with Gasteiger partial charge in [0.15, 0.2) is 5.82 Å². The smallest absolute Gasteiger partial charge is 0.267 e. The number of nitrogens with zero attached hydrogens (tertiary/aromatic N) is 3. The number of fused-ring (bicyclic) bond motifs is 2. The molecule has 0 saturated carbocycles. The lowest BCUT2D eigenvalue weighted by molar-refractivity contribution is 0.0793. The minimum Gasteiger partial charge on any atom is -0.381 e. The van der Waals surface area contributed by atoms with E-state index in [0.29, 0.717) is 39.6 Å². The van der Waals surface area contributed by atoms with Crippen LogP contribution in [0.4, 0.5) is 5.82 Å². The zero-order valence-electron chi connectivity index (χ0n) is 15.6. The van der Waals surface area contributed by atoms with E-state index in [1.54, 1.807) is 4.57 Å². The molecule has 0 aromatic carbocycles. The first-order valence-electron chi connectivity index (χ1n) is 9.59. The van der Waals surface area contributed by atoms with Crippen molar-refractivity contribution in [1.29, 1.82) is 0 Å². The highest BCUT2D eigenvalue weighted by atomic mass is 32.1. The van der Waals surface area contributed by atoms with Gasteiger partial charge in [0.25, 0.3) is 11.5 Å². The molecule has 1 atom stereocenters. The van der Waals surface area contributed by atoms with E-state index < -0.39 is 0 Å². The van der Waals surface area contributed by atoms with Gasteiger partial charge in [0.05, 0.1) is 16.9 Å². The summed E-state index contributed by atoms with van der Waals surface area (Å²) in [6, 6.07) is 1.86. The number of carbonyl (C=O) groups is 1. The summed E-state index contributed by atoms with van der Waals surface area (Å²) >= 11 is 1.27. The summed E-state index contributed by atoms with van der Waals surface area (Å²) in [5, 5.41) is 10.6. The van der Waals surface area contributed by atoms with Crippen molar-refractivity contribution >= 4 is 33.3 Å². The molecule has 146 valence electrons. The number of H-pyrrole nitrogens is 1. The van der Waals surface area contributed by atoms with E-state index >= 15 is 0 Å². The molecule has 28 heavy (non-hydrogen) atoms. The summed E-state index contributed by atoms with van der Waals surface area (Å²) in [4.78, 5) is 31.4. The number of ether oxygens (including phenoxy) is 1. The zero-order valence-corrected chi connectivity index (χ0v) is 16.4.